The molecule has 0 aliphatic heterocycles. The van der Waals surface area contributed by atoms with Crippen LogP contribution in [0.25, 0.3) is 5.57 Å². The van der Waals surface area contributed by atoms with Crippen molar-refractivity contribution in [1.82, 2.24) is 5.32 Å². The van der Waals surface area contributed by atoms with Crippen molar-refractivity contribution in [2.45, 2.75) is 6.18 Å². The predicted molar refractivity (Wildman–Crippen MR) is 82.1 cm³/mol. The van der Waals surface area contributed by atoms with Crippen molar-refractivity contribution < 1.29 is 18.0 Å². The van der Waals surface area contributed by atoms with E-state index in [0.29, 0.717) is 10.7 Å². The molecule has 2 aromatic rings. The molecule has 0 spiro atoms. The third-order valence-electron chi connectivity index (χ3n) is 2.82. The van der Waals surface area contributed by atoms with E-state index in [0.717, 1.165) is 0 Å². The van der Waals surface area contributed by atoms with Gasteiger partial charge in [0.05, 0.1) is 5.57 Å². The number of benzene rings is 2. The van der Waals surface area contributed by atoms with Gasteiger partial charge in [-0.25, -0.2) is 0 Å². The molecule has 0 aliphatic rings. The third kappa shape index (κ3) is 4.21. The number of carbonyl (C=O) groups excluding carboxylic acids is 1. The zero-order valence-corrected chi connectivity index (χ0v) is 12.8. The molecule has 0 radical (unpaired) electrons. The summed E-state index contributed by atoms with van der Waals surface area (Å²) in [6.07, 6.45) is -3.87. The van der Waals surface area contributed by atoms with Crippen LogP contribution in [0.4, 0.5) is 13.2 Å². The third-order valence-corrected chi connectivity index (χ3v) is 3.32. The Morgan fingerprint density at radius 1 is 1.00 bits per heavy atom. The Morgan fingerprint density at radius 2 is 1.64 bits per heavy atom. The van der Waals surface area contributed by atoms with Crippen LogP contribution in [-0.4, -0.2) is 12.1 Å². The topological polar surface area (TPSA) is 29.1 Å². The second-order valence-corrected chi connectivity index (χ2v) is 5.32. The maximum absolute atomic E-state index is 13.1. The van der Waals surface area contributed by atoms with Gasteiger partial charge in [0, 0.05) is 16.2 Å². The fourth-order valence-corrected chi connectivity index (χ4v) is 2.20. The van der Waals surface area contributed by atoms with Gasteiger partial charge in [-0.15, -0.1) is 0 Å². The number of allylic oxidation sites excluding steroid dienone is 1. The smallest absolute Gasteiger partial charge is 0.328 e. The van der Waals surface area contributed by atoms with Gasteiger partial charge in [-0.05, 0) is 23.8 Å². The number of rotatable bonds is 3. The number of halogens is 4. The zero-order chi connectivity index (χ0) is 16.2. The van der Waals surface area contributed by atoms with Crippen LogP contribution in [-0.2, 0) is 0 Å². The van der Waals surface area contributed by atoms with E-state index >= 15 is 0 Å². The lowest BCUT2D eigenvalue weighted by Crippen LogP contribution is -2.21. The van der Waals surface area contributed by atoms with Gasteiger partial charge in [0.15, 0.2) is 0 Å². The summed E-state index contributed by atoms with van der Waals surface area (Å²) in [5, 5.41) is 2.19. The molecule has 0 bridgehead atoms. The summed E-state index contributed by atoms with van der Waals surface area (Å²) in [4.78, 5) is 11.9. The van der Waals surface area contributed by atoms with Crippen LogP contribution in [0.15, 0.2) is 65.3 Å². The Hall–Kier alpha value is -2.08. The fraction of sp³-hybridized carbons (Fsp3) is 0.0625. The summed E-state index contributed by atoms with van der Waals surface area (Å²) in [6, 6.07) is 13.7. The van der Waals surface area contributed by atoms with E-state index in [4.69, 9.17) is 0 Å². The van der Waals surface area contributed by atoms with Crippen LogP contribution in [0.2, 0.25) is 0 Å². The number of carbonyl (C=O) groups is 1. The Bertz CT molecular complexity index is 696. The van der Waals surface area contributed by atoms with Gasteiger partial charge in [0.2, 0.25) is 0 Å². The van der Waals surface area contributed by atoms with Crippen molar-refractivity contribution in [1.29, 1.82) is 0 Å². The summed E-state index contributed by atoms with van der Waals surface area (Å²) >= 11 is 3.20. The lowest BCUT2D eigenvalue weighted by Gasteiger charge is -2.12. The summed E-state index contributed by atoms with van der Waals surface area (Å²) in [7, 11) is 0. The van der Waals surface area contributed by atoms with Gasteiger partial charge >= 0.3 is 6.18 Å². The molecule has 0 heterocycles. The molecule has 1 amide bonds. The van der Waals surface area contributed by atoms with Crippen LogP contribution in [0, 0.1) is 0 Å². The molecule has 0 saturated carbocycles. The highest BCUT2D eigenvalue weighted by molar-refractivity contribution is 9.10. The second-order valence-electron chi connectivity index (χ2n) is 4.41. The highest BCUT2D eigenvalue weighted by Crippen LogP contribution is 2.33. The van der Waals surface area contributed by atoms with E-state index in [1.54, 1.807) is 18.2 Å². The predicted octanol–water partition coefficient (Wildman–Crippen LogP) is 4.78. The molecule has 114 valence electrons. The summed E-state index contributed by atoms with van der Waals surface area (Å²) in [6.45, 7) is 0. The van der Waals surface area contributed by atoms with E-state index in [1.165, 1.54) is 36.4 Å². The summed E-state index contributed by atoms with van der Waals surface area (Å²) in [5.74, 6) is -0.612. The summed E-state index contributed by atoms with van der Waals surface area (Å²) in [5.41, 5.74) is -0.652. The quantitative estimate of drug-likeness (QED) is 0.828. The van der Waals surface area contributed by atoms with Gasteiger partial charge in [0.1, 0.15) is 0 Å². The fourth-order valence-electron chi connectivity index (χ4n) is 1.80. The largest absolute Gasteiger partial charge is 0.418 e. The lowest BCUT2D eigenvalue weighted by molar-refractivity contribution is -0.0691. The average molecular weight is 370 g/mol. The highest BCUT2D eigenvalue weighted by Gasteiger charge is 2.34. The molecule has 0 fully saturated rings. The number of nitrogens with one attached hydrogen (secondary N) is 1. The maximum Gasteiger partial charge on any atom is 0.418 e. The van der Waals surface area contributed by atoms with Crippen molar-refractivity contribution in [2.75, 3.05) is 0 Å². The second kappa shape index (κ2) is 6.79. The normalized spacial score (nSPS) is 12.1. The van der Waals surface area contributed by atoms with E-state index in [2.05, 4.69) is 21.2 Å². The van der Waals surface area contributed by atoms with E-state index in [9.17, 15) is 18.0 Å². The van der Waals surface area contributed by atoms with Crippen LogP contribution in [0.1, 0.15) is 15.9 Å². The first-order valence-corrected chi connectivity index (χ1v) is 7.06. The minimum Gasteiger partial charge on any atom is -0.328 e. The van der Waals surface area contributed by atoms with Crippen LogP contribution in [0.5, 0.6) is 0 Å². The minimum absolute atomic E-state index is 0.00968. The average Bonchev–Trinajstić information content (AvgIpc) is 2.47. The first kappa shape index (κ1) is 16.3. The molecule has 2 aromatic carbocycles. The van der Waals surface area contributed by atoms with Crippen molar-refractivity contribution in [2.24, 2.45) is 0 Å². The first-order chi connectivity index (χ1) is 10.4. The van der Waals surface area contributed by atoms with Gasteiger partial charge < -0.3 is 5.32 Å². The Kier molecular flexibility index (Phi) is 5.03. The van der Waals surface area contributed by atoms with Gasteiger partial charge in [0.25, 0.3) is 5.91 Å². The van der Waals surface area contributed by atoms with Crippen molar-refractivity contribution in [3.8, 4) is 0 Å². The molecule has 6 heteroatoms. The number of hydrogen-bond donors (Lipinski definition) is 1. The monoisotopic (exact) mass is 369 g/mol. The van der Waals surface area contributed by atoms with Gasteiger partial charge in [-0.1, -0.05) is 52.3 Å². The highest BCUT2D eigenvalue weighted by atomic mass is 79.9. The Balaban J connectivity index is 2.26. The molecule has 22 heavy (non-hydrogen) atoms. The van der Waals surface area contributed by atoms with E-state index < -0.39 is 17.7 Å². The van der Waals surface area contributed by atoms with E-state index in [1.807, 2.05) is 0 Å². The molecular weight excluding hydrogens is 359 g/mol. The Morgan fingerprint density at radius 3 is 2.23 bits per heavy atom. The van der Waals surface area contributed by atoms with Crippen LogP contribution >= 0.6 is 15.9 Å². The van der Waals surface area contributed by atoms with Crippen molar-refractivity contribution in [3.05, 3.63) is 76.4 Å². The SMILES string of the molecule is O=C(NC=C(c1ccccc1)C(F)(F)F)c1cccc(Br)c1. The van der Waals surface area contributed by atoms with Crippen molar-refractivity contribution >= 4 is 27.4 Å². The number of hydrogen-bond acceptors (Lipinski definition) is 1. The lowest BCUT2D eigenvalue weighted by atomic mass is 10.1. The molecule has 1 N–H and O–H groups in total. The first-order valence-electron chi connectivity index (χ1n) is 6.27. The van der Waals surface area contributed by atoms with Crippen molar-refractivity contribution in [3.63, 3.8) is 0 Å². The molecular formula is C16H11BrF3NO. The number of amides is 1. The molecule has 2 rings (SSSR count). The summed E-state index contributed by atoms with van der Waals surface area (Å²) < 4.78 is 40.0. The molecule has 0 saturated heterocycles. The zero-order valence-electron chi connectivity index (χ0n) is 11.2. The standard InChI is InChI=1S/C16H11BrF3NO/c17-13-8-4-7-12(9-13)15(22)21-10-14(16(18,19)20)11-5-2-1-3-6-11/h1-10H,(H,21,22). The molecule has 0 aromatic heterocycles. The molecule has 0 unspecified atom stereocenters. The molecule has 2 nitrogen and oxygen atoms in total. The Labute approximate surface area is 133 Å². The molecule has 0 atom stereocenters. The molecule has 0 aliphatic carbocycles. The van der Waals surface area contributed by atoms with E-state index in [-0.39, 0.29) is 11.1 Å². The minimum atomic E-state index is -4.56. The van der Waals surface area contributed by atoms with Crippen LogP contribution < -0.4 is 5.32 Å². The van der Waals surface area contributed by atoms with Gasteiger partial charge in [-0.3, -0.25) is 4.79 Å². The maximum atomic E-state index is 13.1. The van der Waals surface area contributed by atoms with Crippen LogP contribution in [0.3, 0.4) is 0 Å². The number of alkyl halides is 3. The van der Waals surface area contributed by atoms with Gasteiger partial charge in [-0.2, -0.15) is 13.2 Å².